The van der Waals surface area contributed by atoms with Crippen LogP contribution in [0.4, 0.5) is 0 Å². The first kappa shape index (κ1) is 20.2. The second-order valence-corrected chi connectivity index (χ2v) is 6.15. The van der Waals surface area contributed by atoms with Crippen molar-refractivity contribution < 1.29 is 14.3 Å². The number of esters is 1. The van der Waals surface area contributed by atoms with E-state index in [1.807, 2.05) is 30.3 Å². The van der Waals surface area contributed by atoms with Gasteiger partial charge in [-0.15, -0.1) is 0 Å². The minimum absolute atomic E-state index is 0.166. The van der Waals surface area contributed by atoms with Gasteiger partial charge in [-0.1, -0.05) is 82.2 Å². The van der Waals surface area contributed by atoms with Gasteiger partial charge in [0.05, 0.1) is 19.1 Å². The van der Waals surface area contributed by atoms with Gasteiger partial charge in [-0.25, -0.2) is 0 Å². The van der Waals surface area contributed by atoms with Crippen LogP contribution in [0.2, 0.25) is 0 Å². The second-order valence-electron chi connectivity index (χ2n) is 6.15. The number of ether oxygens (including phenoxy) is 1. The SMILES string of the molecule is CCCCCCCCCCOC(=O)CC(NC=O)c1ccccc1. The number of benzene rings is 1. The van der Waals surface area contributed by atoms with Crippen LogP contribution in [-0.4, -0.2) is 19.0 Å². The third kappa shape index (κ3) is 9.33. The Kier molecular flexibility index (Phi) is 11.4. The number of rotatable bonds is 14. The first-order valence-electron chi connectivity index (χ1n) is 9.18. The summed E-state index contributed by atoms with van der Waals surface area (Å²) < 4.78 is 5.29. The lowest BCUT2D eigenvalue weighted by Crippen LogP contribution is -2.23. The second kappa shape index (κ2) is 13.6. The van der Waals surface area contributed by atoms with Gasteiger partial charge >= 0.3 is 5.97 Å². The highest BCUT2D eigenvalue weighted by atomic mass is 16.5. The van der Waals surface area contributed by atoms with E-state index >= 15 is 0 Å². The van der Waals surface area contributed by atoms with Gasteiger partial charge in [0, 0.05) is 0 Å². The zero-order chi connectivity index (χ0) is 17.5. The van der Waals surface area contributed by atoms with Crippen molar-refractivity contribution in [2.24, 2.45) is 0 Å². The Bertz CT molecular complexity index is 447. The number of hydrogen-bond acceptors (Lipinski definition) is 3. The molecule has 4 nitrogen and oxygen atoms in total. The van der Waals surface area contributed by atoms with Crippen LogP contribution >= 0.6 is 0 Å². The smallest absolute Gasteiger partial charge is 0.308 e. The fourth-order valence-electron chi connectivity index (χ4n) is 2.69. The molecule has 24 heavy (non-hydrogen) atoms. The summed E-state index contributed by atoms with van der Waals surface area (Å²) in [6.45, 7) is 2.69. The van der Waals surface area contributed by atoms with Crippen molar-refractivity contribution in [3.05, 3.63) is 35.9 Å². The maximum atomic E-state index is 11.9. The quantitative estimate of drug-likeness (QED) is 0.309. The van der Waals surface area contributed by atoms with Crippen LogP contribution in [0.1, 0.15) is 76.3 Å². The fourth-order valence-corrected chi connectivity index (χ4v) is 2.69. The minimum Gasteiger partial charge on any atom is -0.466 e. The number of amides is 1. The van der Waals surface area contributed by atoms with Crippen LogP contribution in [0.25, 0.3) is 0 Å². The zero-order valence-electron chi connectivity index (χ0n) is 14.8. The first-order valence-corrected chi connectivity index (χ1v) is 9.18. The Morgan fingerprint density at radius 2 is 1.67 bits per heavy atom. The molecule has 0 fully saturated rings. The highest BCUT2D eigenvalue weighted by molar-refractivity contribution is 5.71. The molecular weight excluding hydrogens is 302 g/mol. The molecule has 1 unspecified atom stereocenters. The topological polar surface area (TPSA) is 55.4 Å². The lowest BCUT2D eigenvalue weighted by atomic mass is 10.0. The lowest BCUT2D eigenvalue weighted by molar-refractivity contribution is -0.144. The molecule has 0 heterocycles. The summed E-state index contributed by atoms with van der Waals surface area (Å²) in [7, 11) is 0. The highest BCUT2D eigenvalue weighted by Crippen LogP contribution is 2.16. The summed E-state index contributed by atoms with van der Waals surface area (Å²) in [5, 5.41) is 2.68. The summed E-state index contributed by atoms with van der Waals surface area (Å²) >= 11 is 0. The van der Waals surface area contributed by atoms with Gasteiger partial charge in [-0.3, -0.25) is 9.59 Å². The minimum atomic E-state index is -0.324. The third-order valence-corrected chi connectivity index (χ3v) is 4.10. The van der Waals surface area contributed by atoms with Crippen molar-refractivity contribution in [1.82, 2.24) is 5.32 Å². The summed E-state index contributed by atoms with van der Waals surface area (Å²) in [6, 6.07) is 9.15. The average molecular weight is 333 g/mol. The number of carbonyl (C=O) groups excluding carboxylic acids is 2. The molecule has 0 bridgehead atoms. The first-order chi connectivity index (χ1) is 11.8. The standard InChI is InChI=1S/C20H31NO3/c1-2-3-4-5-6-7-8-12-15-24-20(23)16-19(21-17-22)18-13-10-9-11-14-18/h9-11,13-14,17,19H,2-8,12,15-16H2,1H3,(H,21,22). The average Bonchev–Trinajstić information content (AvgIpc) is 2.61. The fraction of sp³-hybridized carbons (Fsp3) is 0.600. The normalized spacial score (nSPS) is 11.7. The zero-order valence-corrected chi connectivity index (χ0v) is 14.8. The summed E-state index contributed by atoms with van der Waals surface area (Å²) in [6.07, 6.45) is 10.5. The van der Waals surface area contributed by atoms with Crippen molar-refractivity contribution in [2.75, 3.05) is 6.61 Å². The predicted molar refractivity (Wildman–Crippen MR) is 96.6 cm³/mol. The monoisotopic (exact) mass is 333 g/mol. The molecule has 134 valence electrons. The molecule has 1 amide bonds. The molecule has 1 atom stereocenters. The van der Waals surface area contributed by atoms with Gasteiger partial charge in [0.15, 0.2) is 0 Å². The van der Waals surface area contributed by atoms with E-state index < -0.39 is 0 Å². The Hall–Kier alpha value is -1.84. The molecule has 0 saturated carbocycles. The molecule has 0 radical (unpaired) electrons. The van der Waals surface area contributed by atoms with Gasteiger partial charge in [-0.05, 0) is 12.0 Å². The van der Waals surface area contributed by atoms with E-state index in [9.17, 15) is 9.59 Å². The van der Waals surface area contributed by atoms with Crippen molar-refractivity contribution >= 4 is 12.4 Å². The molecule has 0 aromatic heterocycles. The molecule has 0 aliphatic carbocycles. The summed E-state index contributed by atoms with van der Waals surface area (Å²) in [4.78, 5) is 22.7. The predicted octanol–water partition coefficient (Wildman–Crippen LogP) is 4.55. The number of unbranched alkanes of at least 4 members (excludes halogenated alkanes) is 7. The molecule has 0 aliphatic heterocycles. The van der Waals surface area contributed by atoms with E-state index in [1.54, 1.807) is 0 Å². The van der Waals surface area contributed by atoms with Crippen LogP contribution in [-0.2, 0) is 14.3 Å². The van der Waals surface area contributed by atoms with Crippen molar-refractivity contribution in [2.45, 2.75) is 70.8 Å². The van der Waals surface area contributed by atoms with Gasteiger partial charge in [0.2, 0.25) is 6.41 Å². The molecule has 0 aliphatic rings. The van der Waals surface area contributed by atoms with E-state index in [0.29, 0.717) is 13.0 Å². The molecule has 0 spiro atoms. The Morgan fingerprint density at radius 1 is 1.04 bits per heavy atom. The van der Waals surface area contributed by atoms with E-state index in [-0.39, 0.29) is 18.4 Å². The summed E-state index contributed by atoms with van der Waals surface area (Å²) in [5.41, 5.74) is 0.911. The molecular formula is C20H31NO3. The van der Waals surface area contributed by atoms with Crippen LogP contribution in [0.3, 0.4) is 0 Å². The Balaban J connectivity index is 2.14. The Labute approximate surface area is 146 Å². The van der Waals surface area contributed by atoms with Crippen LogP contribution < -0.4 is 5.32 Å². The van der Waals surface area contributed by atoms with Gasteiger partial charge in [-0.2, -0.15) is 0 Å². The van der Waals surface area contributed by atoms with E-state index in [4.69, 9.17) is 4.74 Å². The Morgan fingerprint density at radius 3 is 2.29 bits per heavy atom. The largest absolute Gasteiger partial charge is 0.466 e. The highest BCUT2D eigenvalue weighted by Gasteiger charge is 2.15. The van der Waals surface area contributed by atoms with Crippen LogP contribution in [0.15, 0.2) is 30.3 Å². The molecule has 1 rings (SSSR count). The van der Waals surface area contributed by atoms with Crippen molar-refractivity contribution in [3.8, 4) is 0 Å². The van der Waals surface area contributed by atoms with Crippen LogP contribution in [0.5, 0.6) is 0 Å². The molecule has 1 aromatic rings. The third-order valence-electron chi connectivity index (χ3n) is 4.10. The van der Waals surface area contributed by atoms with Gasteiger partial charge < -0.3 is 10.1 Å². The van der Waals surface area contributed by atoms with Crippen molar-refractivity contribution in [3.63, 3.8) is 0 Å². The lowest BCUT2D eigenvalue weighted by Gasteiger charge is -2.15. The molecule has 0 saturated heterocycles. The van der Waals surface area contributed by atoms with Gasteiger partial charge in [0.25, 0.3) is 0 Å². The van der Waals surface area contributed by atoms with E-state index in [1.165, 1.54) is 38.5 Å². The van der Waals surface area contributed by atoms with Gasteiger partial charge in [0.1, 0.15) is 0 Å². The number of hydrogen-bond donors (Lipinski definition) is 1. The van der Waals surface area contributed by atoms with Crippen LogP contribution in [0, 0.1) is 0 Å². The molecule has 1 N–H and O–H groups in total. The summed E-state index contributed by atoms with van der Waals surface area (Å²) in [5.74, 6) is -0.263. The maximum Gasteiger partial charge on any atom is 0.308 e. The molecule has 4 heteroatoms. The number of nitrogens with one attached hydrogen (secondary N) is 1. The number of carbonyl (C=O) groups is 2. The van der Waals surface area contributed by atoms with Crippen molar-refractivity contribution in [1.29, 1.82) is 0 Å². The molecule has 1 aromatic carbocycles. The maximum absolute atomic E-state index is 11.9. The van der Waals surface area contributed by atoms with E-state index in [2.05, 4.69) is 12.2 Å². The van der Waals surface area contributed by atoms with E-state index in [0.717, 1.165) is 18.4 Å².